The van der Waals surface area contributed by atoms with Gasteiger partial charge in [-0.3, -0.25) is 0 Å². The van der Waals surface area contributed by atoms with Crippen molar-refractivity contribution < 1.29 is 4.79 Å². The molecule has 1 aliphatic heterocycles. The summed E-state index contributed by atoms with van der Waals surface area (Å²) in [5.74, 6) is 0.965. The minimum Gasteiger partial charge on any atom is -0.308 e. The van der Waals surface area contributed by atoms with Crippen LogP contribution in [0.5, 0.6) is 0 Å². The van der Waals surface area contributed by atoms with Gasteiger partial charge in [-0.05, 0) is 35.6 Å². The second-order valence-electron chi connectivity index (χ2n) is 7.58. The van der Waals surface area contributed by atoms with E-state index >= 15 is 0 Å². The van der Waals surface area contributed by atoms with Crippen LogP contribution in [0, 0.1) is 6.92 Å². The molecule has 0 spiro atoms. The minimum atomic E-state index is -0.0289. The van der Waals surface area contributed by atoms with Gasteiger partial charge in [0.1, 0.15) is 5.37 Å². The molecule has 3 rings (SSSR count). The third-order valence-electron chi connectivity index (χ3n) is 4.52. The van der Waals surface area contributed by atoms with Gasteiger partial charge in [0.15, 0.2) is 0 Å². The van der Waals surface area contributed by atoms with E-state index in [1.165, 1.54) is 16.7 Å². The zero-order chi connectivity index (χ0) is 18.0. The molecule has 1 saturated heterocycles. The maximum Gasteiger partial charge on any atom is 0.323 e. The molecule has 0 saturated carbocycles. The van der Waals surface area contributed by atoms with E-state index < -0.39 is 0 Å². The molecule has 0 aliphatic carbocycles. The number of carbonyl (C=O) groups excluding carboxylic acids is 1. The largest absolute Gasteiger partial charge is 0.323 e. The summed E-state index contributed by atoms with van der Waals surface area (Å²) in [5.41, 5.74) is 4.68. The summed E-state index contributed by atoms with van der Waals surface area (Å²) in [7, 11) is 0. The van der Waals surface area contributed by atoms with Crippen LogP contribution in [0.1, 0.15) is 42.8 Å². The number of hydrogen-bond donors (Lipinski definition) is 1. The number of nitrogens with one attached hydrogen (secondary N) is 1. The summed E-state index contributed by atoms with van der Waals surface area (Å²) in [6, 6.07) is 16.6. The van der Waals surface area contributed by atoms with Gasteiger partial charge >= 0.3 is 6.03 Å². The van der Waals surface area contributed by atoms with Gasteiger partial charge in [-0.1, -0.05) is 62.7 Å². The lowest BCUT2D eigenvalue weighted by atomic mass is 9.87. The van der Waals surface area contributed by atoms with Crippen molar-refractivity contribution in [3.63, 3.8) is 0 Å². The molecule has 25 heavy (non-hydrogen) atoms. The van der Waals surface area contributed by atoms with Crippen molar-refractivity contribution >= 4 is 23.5 Å². The van der Waals surface area contributed by atoms with E-state index in [0.29, 0.717) is 0 Å². The van der Waals surface area contributed by atoms with Crippen molar-refractivity contribution in [3.8, 4) is 0 Å². The molecule has 1 aliphatic rings. The summed E-state index contributed by atoms with van der Waals surface area (Å²) in [6.45, 7) is 9.46. The Labute approximate surface area is 154 Å². The first-order chi connectivity index (χ1) is 11.8. The molecular weight excluding hydrogens is 328 g/mol. The number of amides is 2. The molecule has 1 fully saturated rings. The molecule has 0 radical (unpaired) electrons. The molecule has 132 valence electrons. The average Bonchev–Trinajstić information content (AvgIpc) is 3.06. The Hall–Kier alpha value is -1.94. The zero-order valence-electron chi connectivity index (χ0n) is 15.4. The summed E-state index contributed by atoms with van der Waals surface area (Å²) in [6.07, 6.45) is 0. The second-order valence-corrected chi connectivity index (χ2v) is 8.77. The Bertz CT molecular complexity index is 732. The average molecular weight is 355 g/mol. The molecule has 2 aromatic carbocycles. The van der Waals surface area contributed by atoms with Gasteiger partial charge in [-0.2, -0.15) is 0 Å². The predicted molar refractivity (Wildman–Crippen MR) is 107 cm³/mol. The number of rotatable bonds is 2. The fraction of sp³-hybridized carbons (Fsp3) is 0.381. The Balaban J connectivity index is 1.73. The quantitative estimate of drug-likeness (QED) is 0.764. The molecule has 1 N–H and O–H groups in total. The first-order valence-electron chi connectivity index (χ1n) is 8.71. The van der Waals surface area contributed by atoms with Crippen molar-refractivity contribution in [2.75, 3.05) is 17.6 Å². The topological polar surface area (TPSA) is 32.3 Å². The van der Waals surface area contributed by atoms with Gasteiger partial charge < -0.3 is 10.2 Å². The number of thioether (sulfide) groups is 1. The van der Waals surface area contributed by atoms with Gasteiger partial charge in [-0.25, -0.2) is 4.79 Å². The Morgan fingerprint density at radius 1 is 1.08 bits per heavy atom. The van der Waals surface area contributed by atoms with Gasteiger partial charge in [0, 0.05) is 18.0 Å². The van der Waals surface area contributed by atoms with Gasteiger partial charge in [0.2, 0.25) is 0 Å². The van der Waals surface area contributed by atoms with Crippen LogP contribution in [0.25, 0.3) is 0 Å². The molecule has 4 heteroatoms. The van der Waals surface area contributed by atoms with Crippen molar-refractivity contribution in [3.05, 3.63) is 65.2 Å². The highest BCUT2D eigenvalue weighted by Gasteiger charge is 2.31. The second kappa shape index (κ2) is 7.12. The normalized spacial score (nSPS) is 17.6. The van der Waals surface area contributed by atoms with Crippen LogP contribution < -0.4 is 5.32 Å². The number of benzene rings is 2. The molecule has 0 bridgehead atoms. The highest BCUT2D eigenvalue weighted by molar-refractivity contribution is 7.99. The monoisotopic (exact) mass is 354 g/mol. The van der Waals surface area contributed by atoms with E-state index in [1.54, 1.807) is 0 Å². The first-order valence-corrected chi connectivity index (χ1v) is 9.76. The lowest BCUT2D eigenvalue weighted by Crippen LogP contribution is -2.34. The molecule has 1 heterocycles. The van der Waals surface area contributed by atoms with Crippen LogP contribution in [0.2, 0.25) is 0 Å². The molecular formula is C21H26N2OS. The lowest BCUT2D eigenvalue weighted by Gasteiger charge is -2.25. The molecule has 1 atom stereocenters. The third-order valence-corrected chi connectivity index (χ3v) is 5.78. The Kier molecular flexibility index (Phi) is 5.09. The molecule has 0 aromatic heterocycles. The zero-order valence-corrected chi connectivity index (χ0v) is 16.2. The van der Waals surface area contributed by atoms with E-state index in [4.69, 9.17) is 0 Å². The van der Waals surface area contributed by atoms with Crippen LogP contribution >= 0.6 is 11.8 Å². The van der Waals surface area contributed by atoms with Crippen LogP contribution in [-0.2, 0) is 5.41 Å². The number of carbonyl (C=O) groups is 1. The number of nitrogens with zero attached hydrogens (tertiary/aromatic N) is 1. The first kappa shape index (κ1) is 17.9. The van der Waals surface area contributed by atoms with Crippen LogP contribution in [0.4, 0.5) is 10.5 Å². The number of urea groups is 1. The standard InChI is InChI=1S/C21H26N2OS/c1-15-5-11-18(12-6-15)22-20(24)23-13-14-25-19(23)16-7-9-17(10-8-16)21(2,3)4/h5-12,19H,13-14H2,1-4H3,(H,22,24)/t19-/m1/s1. The summed E-state index contributed by atoms with van der Waals surface area (Å²) < 4.78 is 0. The van der Waals surface area contributed by atoms with Gasteiger partial charge in [0.25, 0.3) is 0 Å². The fourth-order valence-corrected chi connectivity index (χ4v) is 4.19. The smallest absolute Gasteiger partial charge is 0.308 e. The Morgan fingerprint density at radius 2 is 1.72 bits per heavy atom. The number of aryl methyl sites for hydroxylation is 1. The van der Waals surface area contributed by atoms with Crippen molar-refractivity contribution in [2.45, 2.75) is 38.5 Å². The maximum atomic E-state index is 12.7. The summed E-state index contributed by atoms with van der Waals surface area (Å²) in [5, 5.41) is 3.10. The fourth-order valence-electron chi connectivity index (χ4n) is 2.93. The molecule has 0 unspecified atom stereocenters. The number of hydrogen-bond acceptors (Lipinski definition) is 2. The molecule has 3 nitrogen and oxygen atoms in total. The summed E-state index contributed by atoms with van der Waals surface area (Å²) in [4.78, 5) is 14.6. The maximum absolute atomic E-state index is 12.7. The van der Waals surface area contributed by atoms with Gasteiger partial charge in [-0.15, -0.1) is 11.8 Å². The lowest BCUT2D eigenvalue weighted by molar-refractivity contribution is 0.214. The van der Waals surface area contributed by atoms with Gasteiger partial charge in [0.05, 0.1) is 0 Å². The Morgan fingerprint density at radius 3 is 2.32 bits per heavy atom. The summed E-state index contributed by atoms with van der Waals surface area (Å²) >= 11 is 1.82. The minimum absolute atomic E-state index is 0.0289. The van der Waals surface area contributed by atoms with Crippen LogP contribution in [0.15, 0.2) is 48.5 Å². The van der Waals surface area contributed by atoms with E-state index in [2.05, 4.69) is 50.4 Å². The van der Waals surface area contributed by atoms with Crippen molar-refractivity contribution in [2.24, 2.45) is 0 Å². The third kappa shape index (κ3) is 4.18. The van der Waals surface area contributed by atoms with Crippen molar-refractivity contribution in [1.29, 1.82) is 0 Å². The number of anilines is 1. The molecule has 2 amide bonds. The van der Waals surface area contributed by atoms with E-state index in [0.717, 1.165) is 18.0 Å². The predicted octanol–water partition coefficient (Wildman–Crippen LogP) is 5.57. The van der Waals surface area contributed by atoms with Crippen LogP contribution in [-0.4, -0.2) is 23.2 Å². The SMILES string of the molecule is Cc1ccc(NC(=O)N2CCS[C@@H]2c2ccc(C(C)(C)C)cc2)cc1. The van der Waals surface area contributed by atoms with Crippen molar-refractivity contribution in [1.82, 2.24) is 4.90 Å². The van der Waals surface area contributed by atoms with E-state index in [9.17, 15) is 4.79 Å². The van der Waals surface area contributed by atoms with Crippen LogP contribution in [0.3, 0.4) is 0 Å². The van der Waals surface area contributed by atoms with E-state index in [1.807, 2.05) is 47.9 Å². The van der Waals surface area contributed by atoms with E-state index in [-0.39, 0.29) is 16.8 Å². The highest BCUT2D eigenvalue weighted by Crippen LogP contribution is 2.38. The highest BCUT2D eigenvalue weighted by atomic mass is 32.2. The molecule has 2 aromatic rings.